The Labute approximate surface area is 191 Å². The van der Waals surface area contributed by atoms with Crippen LogP contribution in [0.1, 0.15) is 103 Å². The van der Waals surface area contributed by atoms with Gasteiger partial charge in [-0.3, -0.25) is 8.98 Å². The summed E-state index contributed by atoms with van der Waals surface area (Å²) >= 11 is 0. The van der Waals surface area contributed by atoms with Crippen molar-refractivity contribution in [3.8, 4) is 0 Å². The van der Waals surface area contributed by atoms with E-state index in [4.69, 9.17) is 5.11 Å². The molecule has 0 radical (unpaired) electrons. The Hall–Kier alpha value is -0.800. The highest BCUT2D eigenvalue weighted by Crippen LogP contribution is 2.10. The minimum atomic E-state index is -4.41. The monoisotopic (exact) mass is 465 g/mol. The molecule has 0 atom stereocenters. The number of carbonyl (C=O) groups is 1. The van der Waals surface area contributed by atoms with Gasteiger partial charge < -0.3 is 15.0 Å². The van der Waals surface area contributed by atoms with Gasteiger partial charge in [0.15, 0.2) is 0 Å². The maximum atomic E-state index is 11.6. The van der Waals surface area contributed by atoms with Crippen molar-refractivity contribution in [2.45, 2.75) is 103 Å². The second kappa shape index (κ2) is 25.5. The van der Waals surface area contributed by atoms with Gasteiger partial charge in [0.05, 0.1) is 33.2 Å². The van der Waals surface area contributed by atoms with Gasteiger partial charge >= 0.3 is 0 Å². The van der Waals surface area contributed by atoms with Crippen molar-refractivity contribution in [2.75, 3.05) is 26.8 Å². The fourth-order valence-corrected chi connectivity index (χ4v) is 3.02. The summed E-state index contributed by atoms with van der Waals surface area (Å²) < 4.78 is 31.0. The van der Waals surface area contributed by atoms with E-state index in [0.29, 0.717) is 18.7 Å². The van der Waals surface area contributed by atoms with Crippen LogP contribution in [0, 0.1) is 0 Å². The number of aliphatic hydroxyl groups excluding tert-OH is 1. The molecule has 7 nitrogen and oxygen atoms in total. The summed E-state index contributed by atoms with van der Waals surface area (Å²) in [6.45, 7) is 4.00. The molecule has 0 saturated carbocycles. The van der Waals surface area contributed by atoms with E-state index in [1.807, 2.05) is 5.32 Å². The second-order valence-corrected chi connectivity index (χ2v) is 8.94. The molecule has 0 aromatic heterocycles. The van der Waals surface area contributed by atoms with Crippen LogP contribution < -0.4 is 5.32 Å². The predicted molar refractivity (Wildman–Crippen MR) is 125 cm³/mol. The Morgan fingerprint density at radius 3 is 1.84 bits per heavy atom. The van der Waals surface area contributed by atoms with Gasteiger partial charge in [0.2, 0.25) is 10.4 Å². The number of carbonyl (C=O) groups excluding carboxylic acids is 1. The molecule has 186 valence electrons. The van der Waals surface area contributed by atoms with Crippen LogP contribution in [-0.2, 0) is 19.4 Å². The molecule has 0 aromatic rings. The molecule has 0 aromatic carbocycles. The van der Waals surface area contributed by atoms with Crippen LogP contribution >= 0.6 is 0 Å². The number of aliphatic hydroxyl groups is 1. The van der Waals surface area contributed by atoms with Gasteiger partial charge in [0.25, 0.3) is 0 Å². The number of nitrogens with two attached hydrogens (primary N) is 1. The standard InChI is InChI=1S/C22H43NO2.CH4O4S/c1-2-3-4-5-6-7-8-9-10-11-12-13-14-15-16-17-22(25)18-19-23-20-21-24;1-5-6(2,3)4/h9-10,23-24H,2-8,11-21H2,1H3;1H3,(H,2,3,4)/b10-9-;. The lowest BCUT2D eigenvalue weighted by Gasteiger charge is -2.01. The maximum absolute atomic E-state index is 11.6. The molecule has 0 fully saturated rings. The first-order chi connectivity index (χ1) is 14.9. The number of hydrogen-bond donors (Lipinski definition) is 2. The number of hydrogen-bond acceptors (Lipinski definition) is 6. The van der Waals surface area contributed by atoms with Crippen molar-refractivity contribution in [1.82, 2.24) is 0 Å². The number of unbranched alkanes of at least 4 members (excludes halogenated alkanes) is 11. The average Bonchev–Trinajstić information content (AvgIpc) is 2.74. The molecular weight excluding hydrogens is 418 g/mol. The van der Waals surface area contributed by atoms with E-state index < -0.39 is 10.4 Å². The van der Waals surface area contributed by atoms with Crippen molar-refractivity contribution >= 4 is 16.2 Å². The van der Waals surface area contributed by atoms with Crippen LogP contribution in [0.2, 0.25) is 0 Å². The van der Waals surface area contributed by atoms with Gasteiger partial charge in [-0.05, 0) is 32.1 Å². The first-order valence-corrected chi connectivity index (χ1v) is 13.3. The summed E-state index contributed by atoms with van der Waals surface area (Å²) in [5.74, 6) is 0.381. The van der Waals surface area contributed by atoms with Gasteiger partial charge in [-0.2, -0.15) is 0 Å². The third kappa shape index (κ3) is 34.0. The summed E-state index contributed by atoms with van der Waals surface area (Å²) in [6.07, 6.45) is 23.0. The highest BCUT2D eigenvalue weighted by atomic mass is 32.3. The van der Waals surface area contributed by atoms with Crippen molar-refractivity contribution < 1.29 is 32.4 Å². The van der Waals surface area contributed by atoms with Crippen LogP contribution in [0.15, 0.2) is 12.2 Å². The lowest BCUT2D eigenvalue weighted by atomic mass is 10.1. The topological polar surface area (TPSA) is 120 Å². The zero-order valence-corrected chi connectivity index (χ0v) is 20.7. The number of Topliss-reactive ketones (excluding diaryl/α,β-unsaturated/α-hetero) is 1. The normalized spacial score (nSPS) is 11.5. The molecule has 0 heterocycles. The van der Waals surface area contributed by atoms with E-state index in [1.54, 1.807) is 0 Å². The van der Waals surface area contributed by atoms with Gasteiger partial charge in [-0.15, -0.1) is 0 Å². The summed E-state index contributed by atoms with van der Waals surface area (Å²) in [4.78, 5) is 11.6. The first kappa shape index (κ1) is 32.4. The van der Waals surface area contributed by atoms with Crippen LogP contribution in [0.3, 0.4) is 0 Å². The zero-order chi connectivity index (χ0) is 23.6. The molecule has 31 heavy (non-hydrogen) atoms. The molecule has 0 spiro atoms. The quantitative estimate of drug-likeness (QED) is 0.116. The zero-order valence-electron chi connectivity index (χ0n) is 19.9. The number of allylic oxidation sites excluding steroid dienone is 2. The highest BCUT2D eigenvalue weighted by molar-refractivity contribution is 7.80. The van der Waals surface area contributed by atoms with Crippen molar-refractivity contribution in [2.24, 2.45) is 0 Å². The van der Waals surface area contributed by atoms with E-state index in [2.05, 4.69) is 23.3 Å². The van der Waals surface area contributed by atoms with Gasteiger partial charge in [0.1, 0.15) is 5.78 Å². The minimum absolute atomic E-state index is 0.197. The minimum Gasteiger partial charge on any atom is -0.726 e. The molecule has 0 aliphatic heterocycles. The Morgan fingerprint density at radius 2 is 1.35 bits per heavy atom. The Balaban J connectivity index is 0. The van der Waals surface area contributed by atoms with E-state index in [-0.39, 0.29) is 6.61 Å². The molecule has 0 unspecified atom stereocenters. The fraction of sp³-hybridized carbons (Fsp3) is 0.870. The summed E-state index contributed by atoms with van der Waals surface area (Å²) in [5.41, 5.74) is 0. The fourth-order valence-electron chi connectivity index (χ4n) is 3.02. The number of quaternary nitrogens is 1. The smallest absolute Gasteiger partial charge is 0.217 e. The molecule has 0 saturated heterocycles. The van der Waals surface area contributed by atoms with E-state index >= 15 is 0 Å². The van der Waals surface area contributed by atoms with E-state index in [1.165, 1.54) is 77.0 Å². The Morgan fingerprint density at radius 1 is 0.871 bits per heavy atom. The molecule has 0 bridgehead atoms. The summed E-state index contributed by atoms with van der Waals surface area (Å²) in [6, 6.07) is 0. The largest absolute Gasteiger partial charge is 0.726 e. The van der Waals surface area contributed by atoms with Crippen LogP contribution in [0.5, 0.6) is 0 Å². The van der Waals surface area contributed by atoms with E-state index in [9.17, 15) is 17.8 Å². The summed E-state index contributed by atoms with van der Waals surface area (Å²) in [7, 11) is -3.60. The average molecular weight is 466 g/mol. The van der Waals surface area contributed by atoms with Crippen molar-refractivity contribution in [3.63, 3.8) is 0 Å². The number of ketones is 1. The molecule has 0 aliphatic rings. The Bertz CT molecular complexity index is 508. The lowest BCUT2D eigenvalue weighted by Crippen LogP contribution is -2.85. The molecule has 8 heteroatoms. The van der Waals surface area contributed by atoms with Crippen LogP contribution in [0.4, 0.5) is 0 Å². The van der Waals surface area contributed by atoms with Crippen LogP contribution in [-0.4, -0.2) is 50.7 Å². The van der Waals surface area contributed by atoms with Gasteiger partial charge in [0, 0.05) is 6.42 Å². The van der Waals surface area contributed by atoms with Crippen molar-refractivity contribution in [3.05, 3.63) is 12.2 Å². The lowest BCUT2D eigenvalue weighted by molar-refractivity contribution is -0.654. The third-order valence-electron chi connectivity index (χ3n) is 4.88. The van der Waals surface area contributed by atoms with Crippen molar-refractivity contribution in [1.29, 1.82) is 0 Å². The predicted octanol–water partition coefficient (Wildman–Crippen LogP) is 3.63. The highest BCUT2D eigenvalue weighted by Gasteiger charge is 2.02. The second-order valence-electron chi connectivity index (χ2n) is 7.79. The van der Waals surface area contributed by atoms with Gasteiger partial charge in [-0.25, -0.2) is 8.42 Å². The molecule has 0 aliphatic carbocycles. The molecule has 0 amide bonds. The third-order valence-corrected chi connectivity index (χ3v) is 5.29. The maximum Gasteiger partial charge on any atom is 0.217 e. The SMILES string of the molecule is CCCCCCCC/C=C\CCCCCCCC(=O)CC[NH2+]CCO.COS(=O)(=O)[O-]. The number of rotatable bonds is 21. The first-order valence-electron chi connectivity index (χ1n) is 12.0. The molecule has 3 N–H and O–H groups in total. The van der Waals surface area contributed by atoms with Crippen LogP contribution in [0.25, 0.3) is 0 Å². The molecule has 0 rings (SSSR count). The Kier molecular flexibility index (Phi) is 26.6. The van der Waals surface area contributed by atoms with Gasteiger partial charge in [-0.1, -0.05) is 70.4 Å². The molecular formula is C23H47NO6S. The van der Waals surface area contributed by atoms with E-state index in [0.717, 1.165) is 26.5 Å². The summed E-state index contributed by atoms with van der Waals surface area (Å²) in [5, 5.41) is 10.7.